The molecular formula is C33H39ClN2O3. The van der Waals surface area contributed by atoms with Gasteiger partial charge in [-0.3, -0.25) is 9.69 Å². The quantitative estimate of drug-likeness (QED) is 0.291. The fourth-order valence-corrected chi connectivity index (χ4v) is 5.95. The molecule has 5 nitrogen and oxygen atoms in total. The Bertz CT molecular complexity index is 1310. The Morgan fingerprint density at radius 2 is 1.74 bits per heavy atom. The Morgan fingerprint density at radius 1 is 1.03 bits per heavy atom. The van der Waals surface area contributed by atoms with Crippen LogP contribution >= 0.6 is 11.6 Å². The van der Waals surface area contributed by atoms with Crippen molar-refractivity contribution in [3.8, 4) is 11.5 Å². The predicted octanol–water partition coefficient (Wildman–Crippen LogP) is 7.61. The fraction of sp³-hybridized carbons (Fsp3) is 0.424. The molecule has 0 saturated carbocycles. The first kappa shape index (κ1) is 27.5. The van der Waals surface area contributed by atoms with E-state index in [1.807, 2.05) is 35.2 Å². The minimum absolute atomic E-state index is 0.0420. The van der Waals surface area contributed by atoms with Crippen LogP contribution in [0.4, 0.5) is 5.69 Å². The van der Waals surface area contributed by atoms with Crippen molar-refractivity contribution in [1.82, 2.24) is 4.90 Å². The molecule has 4 atom stereocenters. The van der Waals surface area contributed by atoms with Gasteiger partial charge < -0.3 is 14.4 Å². The smallest absolute Gasteiger partial charge is 0.232 e. The van der Waals surface area contributed by atoms with Crippen LogP contribution < -0.4 is 14.4 Å². The summed E-state index contributed by atoms with van der Waals surface area (Å²) in [6.45, 7) is 11.0. The number of ether oxygens (including phenoxy) is 2. The molecule has 1 fully saturated rings. The van der Waals surface area contributed by atoms with Crippen molar-refractivity contribution >= 4 is 23.2 Å². The molecule has 0 aliphatic carbocycles. The number of hydrogen-bond donors (Lipinski definition) is 0. The lowest BCUT2D eigenvalue weighted by atomic mass is 9.86. The number of likely N-dealkylation sites (tertiary alicyclic amines) is 1. The molecule has 39 heavy (non-hydrogen) atoms. The van der Waals surface area contributed by atoms with Gasteiger partial charge in [-0.1, -0.05) is 49.7 Å². The highest BCUT2D eigenvalue weighted by atomic mass is 35.5. The van der Waals surface area contributed by atoms with Crippen LogP contribution in [0.25, 0.3) is 0 Å². The first-order valence-corrected chi connectivity index (χ1v) is 14.5. The highest BCUT2D eigenvalue weighted by Gasteiger charge is 2.36. The maximum Gasteiger partial charge on any atom is 0.232 e. The molecule has 2 aliphatic rings. The topological polar surface area (TPSA) is 42.0 Å². The summed E-state index contributed by atoms with van der Waals surface area (Å²) in [5.74, 6) is 2.14. The lowest BCUT2D eigenvalue weighted by Crippen LogP contribution is -2.41. The number of amides is 1. The molecule has 3 aromatic carbocycles. The van der Waals surface area contributed by atoms with E-state index in [0.717, 1.165) is 47.8 Å². The number of methoxy groups -OCH3 is 1. The van der Waals surface area contributed by atoms with Crippen LogP contribution in [-0.2, 0) is 11.2 Å². The number of anilines is 1. The number of rotatable bonds is 8. The summed E-state index contributed by atoms with van der Waals surface area (Å²) in [6.07, 6.45) is 2.47. The lowest BCUT2D eigenvalue weighted by molar-refractivity contribution is -0.118. The van der Waals surface area contributed by atoms with Gasteiger partial charge >= 0.3 is 0 Å². The van der Waals surface area contributed by atoms with Gasteiger partial charge in [0.1, 0.15) is 0 Å². The van der Waals surface area contributed by atoms with Crippen LogP contribution in [0.15, 0.2) is 60.7 Å². The van der Waals surface area contributed by atoms with Crippen molar-refractivity contribution in [2.75, 3.05) is 25.1 Å². The van der Waals surface area contributed by atoms with Crippen molar-refractivity contribution < 1.29 is 14.3 Å². The number of hydrogen-bond acceptors (Lipinski definition) is 4. The van der Waals surface area contributed by atoms with Crippen LogP contribution in [0.2, 0.25) is 5.02 Å². The summed E-state index contributed by atoms with van der Waals surface area (Å²) in [5, 5.41) is 0.665. The third kappa shape index (κ3) is 5.66. The van der Waals surface area contributed by atoms with Gasteiger partial charge in [0.25, 0.3) is 0 Å². The van der Waals surface area contributed by atoms with Crippen LogP contribution in [0, 0.1) is 5.92 Å². The van der Waals surface area contributed by atoms with Crippen LogP contribution in [0.1, 0.15) is 74.9 Å². The number of halogens is 1. The van der Waals surface area contributed by atoms with E-state index in [1.54, 1.807) is 7.11 Å². The Morgan fingerprint density at radius 3 is 2.36 bits per heavy atom. The molecule has 6 heteroatoms. The summed E-state index contributed by atoms with van der Waals surface area (Å²) in [6, 6.07) is 20.4. The predicted molar refractivity (Wildman–Crippen MR) is 158 cm³/mol. The average Bonchev–Trinajstić information content (AvgIpc) is 3.38. The van der Waals surface area contributed by atoms with E-state index in [9.17, 15) is 4.79 Å². The SMILES string of the molecule is CC[C@@H](C)Oc1cc2c(cc1OC)CC(=O)N(c1ccc(C(C)N3CC[C@@H](C)C3)cc1)C2c1ccc(Cl)cc1. The summed E-state index contributed by atoms with van der Waals surface area (Å²) >= 11 is 6.26. The Labute approximate surface area is 237 Å². The van der Waals surface area contributed by atoms with E-state index in [4.69, 9.17) is 21.1 Å². The lowest BCUT2D eigenvalue weighted by Gasteiger charge is -2.38. The molecule has 5 rings (SSSR count). The van der Waals surface area contributed by atoms with E-state index in [2.05, 4.69) is 62.9 Å². The van der Waals surface area contributed by atoms with Gasteiger partial charge in [-0.15, -0.1) is 0 Å². The maximum absolute atomic E-state index is 13.8. The molecule has 0 N–H and O–H groups in total. The zero-order chi connectivity index (χ0) is 27.7. The fourth-order valence-electron chi connectivity index (χ4n) is 5.82. The largest absolute Gasteiger partial charge is 0.493 e. The Kier molecular flexibility index (Phi) is 8.20. The summed E-state index contributed by atoms with van der Waals surface area (Å²) in [4.78, 5) is 18.3. The molecular weight excluding hydrogens is 508 g/mol. The Hall–Kier alpha value is -3.02. The van der Waals surface area contributed by atoms with Crippen molar-refractivity contribution in [3.63, 3.8) is 0 Å². The number of benzene rings is 3. The van der Waals surface area contributed by atoms with Crippen molar-refractivity contribution in [2.45, 2.75) is 65.1 Å². The second kappa shape index (κ2) is 11.6. The molecule has 2 aliphatic heterocycles. The van der Waals surface area contributed by atoms with Crippen molar-refractivity contribution in [2.24, 2.45) is 5.92 Å². The molecule has 0 bridgehead atoms. The number of carbonyl (C=O) groups is 1. The minimum Gasteiger partial charge on any atom is -0.493 e. The molecule has 3 aromatic rings. The minimum atomic E-state index is -0.314. The standard InChI is InChI=1S/C33H39ClN2O3/c1-6-22(3)39-31-19-29-26(17-30(31)38-5)18-32(37)36(33(29)25-7-11-27(34)12-8-25)28-13-9-24(10-14-28)23(4)35-16-15-21(2)20-35/h7-14,17,19,21-23,33H,6,15-16,18,20H2,1-5H3/t21-,22-,23?,33?/m1/s1. The van der Waals surface area contributed by atoms with Gasteiger partial charge in [-0.05, 0) is 97.8 Å². The monoisotopic (exact) mass is 546 g/mol. The van der Waals surface area contributed by atoms with Crippen LogP contribution in [0.3, 0.4) is 0 Å². The molecule has 206 valence electrons. The number of fused-ring (bicyclic) bond motifs is 1. The number of nitrogens with zero attached hydrogens (tertiary/aromatic N) is 2. The average molecular weight is 547 g/mol. The van der Waals surface area contributed by atoms with Crippen molar-refractivity contribution in [3.05, 3.63) is 87.9 Å². The normalized spacial score (nSPS) is 21.0. The van der Waals surface area contributed by atoms with Crippen LogP contribution in [0.5, 0.6) is 11.5 Å². The highest BCUT2D eigenvalue weighted by Crippen LogP contribution is 2.44. The molecule has 0 aromatic heterocycles. The van der Waals surface area contributed by atoms with Crippen molar-refractivity contribution in [1.29, 1.82) is 0 Å². The van der Waals surface area contributed by atoms with E-state index < -0.39 is 0 Å². The van der Waals surface area contributed by atoms with Gasteiger partial charge in [-0.25, -0.2) is 0 Å². The third-order valence-electron chi connectivity index (χ3n) is 8.33. The summed E-state index contributed by atoms with van der Waals surface area (Å²) in [5.41, 5.74) is 5.15. The van der Waals surface area contributed by atoms with Gasteiger partial charge in [0.2, 0.25) is 5.91 Å². The van der Waals surface area contributed by atoms with Gasteiger partial charge in [0.15, 0.2) is 11.5 Å². The van der Waals surface area contributed by atoms with Gasteiger partial charge in [0, 0.05) is 23.3 Å². The zero-order valence-electron chi connectivity index (χ0n) is 23.6. The first-order chi connectivity index (χ1) is 18.8. The first-order valence-electron chi connectivity index (χ1n) is 14.1. The maximum atomic E-state index is 13.8. The highest BCUT2D eigenvalue weighted by molar-refractivity contribution is 6.30. The molecule has 1 saturated heterocycles. The van der Waals surface area contributed by atoms with E-state index >= 15 is 0 Å². The van der Waals surface area contributed by atoms with Gasteiger partial charge in [-0.2, -0.15) is 0 Å². The van der Waals surface area contributed by atoms with Crippen LogP contribution in [-0.4, -0.2) is 37.1 Å². The summed E-state index contributed by atoms with van der Waals surface area (Å²) < 4.78 is 11.9. The number of carbonyl (C=O) groups excluding carboxylic acids is 1. The zero-order valence-corrected chi connectivity index (χ0v) is 24.4. The van der Waals surface area contributed by atoms with E-state index in [0.29, 0.717) is 29.0 Å². The van der Waals surface area contributed by atoms with E-state index in [1.165, 1.54) is 12.0 Å². The Balaban J connectivity index is 1.56. The summed E-state index contributed by atoms with van der Waals surface area (Å²) in [7, 11) is 1.64. The van der Waals surface area contributed by atoms with E-state index in [-0.39, 0.29) is 18.1 Å². The second-order valence-electron chi connectivity index (χ2n) is 11.1. The molecule has 2 heterocycles. The second-order valence-corrected chi connectivity index (χ2v) is 11.5. The molecule has 0 radical (unpaired) electrons. The third-order valence-corrected chi connectivity index (χ3v) is 8.59. The molecule has 2 unspecified atom stereocenters. The van der Waals surface area contributed by atoms with Gasteiger partial charge in [0.05, 0.1) is 25.7 Å². The molecule has 0 spiro atoms. The molecule has 1 amide bonds.